The number of rotatable bonds is 3. The van der Waals surface area contributed by atoms with Crippen LogP contribution in [0.5, 0.6) is 0 Å². The number of nitrogens with two attached hydrogens (primary N) is 1. The van der Waals surface area contributed by atoms with Crippen molar-refractivity contribution < 1.29 is 9.59 Å². The second kappa shape index (κ2) is 3.91. The topological polar surface area (TPSA) is 72.2 Å². The second-order valence-corrected chi connectivity index (χ2v) is 3.79. The molecule has 1 aliphatic heterocycles. The van der Waals surface area contributed by atoms with Gasteiger partial charge in [0.25, 0.3) is 0 Å². The van der Waals surface area contributed by atoms with E-state index in [-0.39, 0.29) is 23.1 Å². The fourth-order valence-corrected chi connectivity index (χ4v) is 2.27. The minimum Gasteiger partial charge on any atom is -0.368 e. The van der Waals surface area contributed by atoms with Crippen LogP contribution < -0.4 is 11.1 Å². The average molecular weight is 188 g/mol. The summed E-state index contributed by atoms with van der Waals surface area (Å²) in [6, 6.07) is -0.338. The number of carbonyl (C=O) groups excluding carboxylic acids is 2. The Balaban J connectivity index is 2.45. The molecule has 1 saturated heterocycles. The average Bonchev–Trinajstić information content (AvgIpc) is 2.51. The van der Waals surface area contributed by atoms with Gasteiger partial charge >= 0.3 is 0 Å². The van der Waals surface area contributed by atoms with Crippen molar-refractivity contribution in [2.75, 3.05) is 5.75 Å². The van der Waals surface area contributed by atoms with Crippen LogP contribution in [0, 0.1) is 0 Å². The summed E-state index contributed by atoms with van der Waals surface area (Å²) >= 11 is 1.45. The molecule has 12 heavy (non-hydrogen) atoms. The molecule has 2 unspecified atom stereocenters. The number of ketones is 1. The monoisotopic (exact) mass is 188 g/mol. The lowest BCUT2D eigenvalue weighted by molar-refractivity contribution is -0.120. The molecule has 0 saturated carbocycles. The SMILES string of the molecule is CCC(=O)C1NC(C(N)=O)CS1. The summed E-state index contributed by atoms with van der Waals surface area (Å²) in [5.41, 5.74) is 5.08. The van der Waals surface area contributed by atoms with Gasteiger partial charge in [0, 0.05) is 12.2 Å². The molecule has 5 heteroatoms. The number of nitrogens with one attached hydrogen (secondary N) is 1. The van der Waals surface area contributed by atoms with Crippen molar-refractivity contribution >= 4 is 23.5 Å². The first-order valence-electron chi connectivity index (χ1n) is 3.84. The van der Waals surface area contributed by atoms with E-state index in [1.807, 2.05) is 6.92 Å². The smallest absolute Gasteiger partial charge is 0.235 e. The Hall–Kier alpha value is -0.550. The number of hydrogen-bond donors (Lipinski definition) is 2. The maximum absolute atomic E-state index is 11.1. The van der Waals surface area contributed by atoms with Gasteiger partial charge in [-0.3, -0.25) is 14.9 Å². The van der Waals surface area contributed by atoms with E-state index in [1.54, 1.807) is 0 Å². The van der Waals surface area contributed by atoms with Gasteiger partial charge in [-0.2, -0.15) is 0 Å². The first-order valence-corrected chi connectivity index (χ1v) is 4.89. The third-order valence-corrected chi connectivity index (χ3v) is 3.02. The molecule has 1 fully saturated rings. The molecular formula is C7H12N2O2S. The molecule has 0 spiro atoms. The van der Waals surface area contributed by atoms with E-state index in [0.717, 1.165) is 0 Å². The Morgan fingerprint density at radius 1 is 1.67 bits per heavy atom. The Kier molecular flexibility index (Phi) is 3.11. The number of thioether (sulfide) groups is 1. The van der Waals surface area contributed by atoms with Crippen molar-refractivity contribution in [3.63, 3.8) is 0 Å². The fraction of sp³-hybridized carbons (Fsp3) is 0.714. The number of amides is 1. The Labute approximate surface area is 75.3 Å². The molecule has 1 rings (SSSR count). The largest absolute Gasteiger partial charge is 0.368 e. The summed E-state index contributed by atoms with van der Waals surface area (Å²) in [5.74, 6) is 0.351. The van der Waals surface area contributed by atoms with Gasteiger partial charge in [-0.15, -0.1) is 11.8 Å². The van der Waals surface area contributed by atoms with E-state index in [2.05, 4.69) is 5.32 Å². The van der Waals surface area contributed by atoms with Gasteiger partial charge < -0.3 is 5.73 Å². The Morgan fingerprint density at radius 2 is 2.33 bits per heavy atom. The van der Waals surface area contributed by atoms with E-state index in [9.17, 15) is 9.59 Å². The van der Waals surface area contributed by atoms with Crippen LogP contribution in [0.1, 0.15) is 13.3 Å². The molecule has 0 aromatic rings. The molecule has 68 valence electrons. The molecule has 0 bridgehead atoms. The van der Waals surface area contributed by atoms with Crippen molar-refractivity contribution in [1.29, 1.82) is 0 Å². The number of carbonyl (C=O) groups is 2. The van der Waals surface area contributed by atoms with Gasteiger partial charge in [0.15, 0.2) is 5.78 Å². The third-order valence-electron chi connectivity index (χ3n) is 1.77. The van der Waals surface area contributed by atoms with Crippen molar-refractivity contribution in [2.45, 2.75) is 24.8 Å². The molecule has 1 aliphatic rings. The standard InChI is InChI=1S/C7H12N2O2S/c1-2-5(10)7-9-4(3-12-7)6(8)11/h4,7,9H,2-3H2,1H3,(H2,8,11). The third kappa shape index (κ3) is 1.98. The highest BCUT2D eigenvalue weighted by atomic mass is 32.2. The van der Waals surface area contributed by atoms with Crippen molar-refractivity contribution in [2.24, 2.45) is 5.73 Å². The molecule has 3 N–H and O–H groups in total. The van der Waals surface area contributed by atoms with E-state index in [1.165, 1.54) is 11.8 Å². The predicted octanol–water partition coefficient (Wildman–Crippen LogP) is -0.518. The molecule has 4 nitrogen and oxygen atoms in total. The van der Waals surface area contributed by atoms with Crippen LogP contribution in [0.4, 0.5) is 0 Å². The van der Waals surface area contributed by atoms with E-state index >= 15 is 0 Å². The van der Waals surface area contributed by atoms with Crippen molar-refractivity contribution in [3.8, 4) is 0 Å². The molecule has 2 atom stereocenters. The molecule has 0 aliphatic carbocycles. The van der Waals surface area contributed by atoms with Crippen molar-refractivity contribution in [3.05, 3.63) is 0 Å². The zero-order valence-electron chi connectivity index (χ0n) is 6.87. The highest BCUT2D eigenvalue weighted by Gasteiger charge is 2.31. The molecule has 0 aromatic heterocycles. The van der Waals surface area contributed by atoms with Gasteiger partial charge in [-0.1, -0.05) is 6.92 Å². The lowest BCUT2D eigenvalue weighted by atomic mass is 10.2. The first-order chi connectivity index (χ1) is 5.65. The van der Waals surface area contributed by atoms with Crippen LogP contribution in [-0.2, 0) is 9.59 Å². The van der Waals surface area contributed by atoms with E-state index in [4.69, 9.17) is 5.73 Å². The summed E-state index contributed by atoms with van der Waals surface area (Å²) in [5, 5.41) is 2.65. The summed E-state index contributed by atoms with van der Waals surface area (Å²) in [4.78, 5) is 21.8. The molecule has 0 radical (unpaired) electrons. The minimum atomic E-state index is -0.381. The number of primary amides is 1. The molecule has 1 amide bonds. The van der Waals surface area contributed by atoms with Crippen LogP contribution >= 0.6 is 11.8 Å². The van der Waals surface area contributed by atoms with Crippen LogP contribution in [0.3, 0.4) is 0 Å². The maximum atomic E-state index is 11.1. The zero-order valence-corrected chi connectivity index (χ0v) is 7.69. The first kappa shape index (κ1) is 9.54. The second-order valence-electron chi connectivity index (χ2n) is 2.65. The maximum Gasteiger partial charge on any atom is 0.235 e. The molecular weight excluding hydrogens is 176 g/mol. The lowest BCUT2D eigenvalue weighted by Gasteiger charge is -2.07. The van der Waals surface area contributed by atoms with Crippen LogP contribution in [0.15, 0.2) is 0 Å². The summed E-state index contributed by atoms with van der Waals surface area (Å²) in [7, 11) is 0. The fourth-order valence-electron chi connectivity index (χ4n) is 1.01. The number of hydrogen-bond acceptors (Lipinski definition) is 4. The molecule has 1 heterocycles. The van der Waals surface area contributed by atoms with Gasteiger partial charge in [0.1, 0.15) is 5.37 Å². The zero-order chi connectivity index (χ0) is 9.14. The van der Waals surface area contributed by atoms with Gasteiger partial charge in [0.2, 0.25) is 5.91 Å². The highest BCUT2D eigenvalue weighted by molar-refractivity contribution is 8.00. The predicted molar refractivity (Wildman–Crippen MR) is 47.7 cm³/mol. The van der Waals surface area contributed by atoms with Gasteiger partial charge in [-0.05, 0) is 0 Å². The quantitative estimate of drug-likeness (QED) is 0.625. The van der Waals surface area contributed by atoms with Gasteiger partial charge in [0.05, 0.1) is 6.04 Å². The van der Waals surface area contributed by atoms with E-state index in [0.29, 0.717) is 12.2 Å². The Bertz CT molecular complexity index is 208. The Morgan fingerprint density at radius 3 is 2.75 bits per heavy atom. The molecule has 0 aromatic carbocycles. The van der Waals surface area contributed by atoms with Crippen LogP contribution in [-0.4, -0.2) is 28.9 Å². The highest BCUT2D eigenvalue weighted by Crippen LogP contribution is 2.19. The summed E-state index contributed by atoms with van der Waals surface area (Å²) in [6.45, 7) is 1.81. The number of Topliss-reactive ketones (excluding diaryl/α,β-unsaturated/α-hetero) is 1. The summed E-state index contributed by atoms with van der Waals surface area (Å²) in [6.07, 6.45) is 0.496. The van der Waals surface area contributed by atoms with E-state index < -0.39 is 0 Å². The lowest BCUT2D eigenvalue weighted by Crippen LogP contribution is -2.43. The van der Waals surface area contributed by atoms with Crippen molar-refractivity contribution in [1.82, 2.24) is 5.32 Å². The normalized spacial score (nSPS) is 28.8. The van der Waals surface area contributed by atoms with Crippen LogP contribution in [0.25, 0.3) is 0 Å². The summed E-state index contributed by atoms with van der Waals surface area (Å²) < 4.78 is 0. The van der Waals surface area contributed by atoms with Crippen LogP contribution in [0.2, 0.25) is 0 Å². The minimum absolute atomic E-state index is 0.128. The van der Waals surface area contributed by atoms with Gasteiger partial charge in [-0.25, -0.2) is 0 Å².